The number of methoxy groups -OCH3 is 1. The van der Waals surface area contributed by atoms with E-state index in [0.29, 0.717) is 29.6 Å². The van der Waals surface area contributed by atoms with Crippen LogP contribution in [0.25, 0.3) is 0 Å². The van der Waals surface area contributed by atoms with E-state index in [1.807, 2.05) is 0 Å². The molecule has 2 heterocycles. The Kier molecular flexibility index (Phi) is 4.24. The minimum Gasteiger partial charge on any atom is -0.383 e. The van der Waals surface area contributed by atoms with Crippen LogP contribution in [-0.4, -0.2) is 33.5 Å². The predicted octanol–water partition coefficient (Wildman–Crippen LogP) is 1.02. The minimum atomic E-state index is -0.453. The highest BCUT2D eigenvalue weighted by Gasteiger charge is 2.19. The van der Waals surface area contributed by atoms with E-state index < -0.39 is 6.04 Å². The second kappa shape index (κ2) is 5.90. The molecule has 2 N–H and O–H groups in total. The van der Waals surface area contributed by atoms with E-state index in [9.17, 15) is 0 Å². The van der Waals surface area contributed by atoms with Crippen molar-refractivity contribution in [2.24, 2.45) is 5.73 Å². The SMILES string of the molecule is COCCn1ncc(Cl)c1C(N)c1cnccn1. The third kappa shape index (κ3) is 2.66. The first-order valence-corrected chi connectivity index (χ1v) is 5.83. The van der Waals surface area contributed by atoms with Gasteiger partial charge in [-0.05, 0) is 0 Å². The Hall–Kier alpha value is -1.50. The second-order valence-corrected chi connectivity index (χ2v) is 4.11. The Morgan fingerprint density at radius 2 is 2.28 bits per heavy atom. The van der Waals surface area contributed by atoms with E-state index in [4.69, 9.17) is 22.1 Å². The first-order valence-electron chi connectivity index (χ1n) is 5.45. The largest absolute Gasteiger partial charge is 0.383 e. The number of nitrogens with two attached hydrogens (primary N) is 1. The fraction of sp³-hybridized carbons (Fsp3) is 0.364. The third-order valence-corrected chi connectivity index (χ3v) is 2.83. The average Bonchev–Trinajstić information content (AvgIpc) is 2.77. The van der Waals surface area contributed by atoms with Crippen molar-refractivity contribution in [1.29, 1.82) is 0 Å². The normalized spacial score (nSPS) is 12.6. The molecule has 0 bridgehead atoms. The number of nitrogens with zero attached hydrogens (tertiary/aromatic N) is 4. The molecule has 0 aromatic carbocycles. The summed E-state index contributed by atoms with van der Waals surface area (Å²) in [6, 6.07) is -0.453. The fourth-order valence-corrected chi connectivity index (χ4v) is 1.91. The van der Waals surface area contributed by atoms with Crippen LogP contribution in [0.2, 0.25) is 5.02 Å². The van der Waals surface area contributed by atoms with Gasteiger partial charge in [0.25, 0.3) is 0 Å². The lowest BCUT2D eigenvalue weighted by Gasteiger charge is -2.14. The quantitative estimate of drug-likeness (QED) is 0.875. The van der Waals surface area contributed by atoms with E-state index in [2.05, 4.69) is 15.1 Å². The number of halogens is 1. The molecule has 0 amide bonds. The molecule has 2 aromatic heterocycles. The van der Waals surface area contributed by atoms with Gasteiger partial charge < -0.3 is 10.5 Å². The molecule has 0 saturated heterocycles. The van der Waals surface area contributed by atoms with Crippen LogP contribution in [0.15, 0.2) is 24.8 Å². The molecule has 2 rings (SSSR count). The monoisotopic (exact) mass is 267 g/mol. The lowest BCUT2D eigenvalue weighted by atomic mass is 10.1. The molecule has 1 unspecified atom stereocenters. The van der Waals surface area contributed by atoms with Crippen LogP contribution in [0.1, 0.15) is 17.4 Å². The topological polar surface area (TPSA) is 78.9 Å². The standard InChI is InChI=1S/C11H14ClN5O/c1-18-5-4-17-11(8(12)6-16-17)10(13)9-7-14-2-3-15-9/h2-3,6-7,10H,4-5,13H2,1H3. The third-order valence-electron chi connectivity index (χ3n) is 2.54. The number of hydrogen-bond donors (Lipinski definition) is 1. The summed E-state index contributed by atoms with van der Waals surface area (Å²) in [7, 11) is 1.63. The molecule has 2 aromatic rings. The maximum absolute atomic E-state index is 6.15. The van der Waals surface area contributed by atoms with Crippen LogP contribution in [0, 0.1) is 0 Å². The maximum Gasteiger partial charge on any atom is 0.0927 e. The molecule has 0 spiro atoms. The molecule has 18 heavy (non-hydrogen) atoms. The van der Waals surface area contributed by atoms with E-state index in [1.54, 1.807) is 36.6 Å². The molecule has 1 atom stereocenters. The van der Waals surface area contributed by atoms with Crippen LogP contribution in [0.5, 0.6) is 0 Å². The molecule has 7 heteroatoms. The van der Waals surface area contributed by atoms with E-state index >= 15 is 0 Å². The molecule has 0 aliphatic carbocycles. The van der Waals surface area contributed by atoms with E-state index in [-0.39, 0.29) is 0 Å². The zero-order chi connectivity index (χ0) is 13.0. The molecular formula is C11H14ClN5O. The summed E-state index contributed by atoms with van der Waals surface area (Å²) in [6.07, 6.45) is 6.39. The van der Waals surface area contributed by atoms with Crippen molar-refractivity contribution < 1.29 is 4.74 Å². The zero-order valence-corrected chi connectivity index (χ0v) is 10.7. The van der Waals surface area contributed by atoms with Gasteiger partial charge in [-0.1, -0.05) is 11.6 Å². The van der Waals surface area contributed by atoms with Crippen molar-refractivity contribution in [3.05, 3.63) is 41.2 Å². The average molecular weight is 268 g/mol. The van der Waals surface area contributed by atoms with Gasteiger partial charge in [0.05, 0.1) is 48.0 Å². The summed E-state index contributed by atoms with van der Waals surface area (Å²) in [4.78, 5) is 8.18. The van der Waals surface area contributed by atoms with Crippen molar-refractivity contribution in [2.45, 2.75) is 12.6 Å². The van der Waals surface area contributed by atoms with Gasteiger partial charge in [-0.25, -0.2) is 0 Å². The van der Waals surface area contributed by atoms with Gasteiger partial charge in [0.1, 0.15) is 0 Å². The Morgan fingerprint density at radius 1 is 1.44 bits per heavy atom. The van der Waals surface area contributed by atoms with Crippen molar-refractivity contribution in [1.82, 2.24) is 19.7 Å². The van der Waals surface area contributed by atoms with Crippen LogP contribution in [0.3, 0.4) is 0 Å². The van der Waals surface area contributed by atoms with E-state index in [0.717, 1.165) is 0 Å². The van der Waals surface area contributed by atoms with Gasteiger partial charge in [0, 0.05) is 19.5 Å². The summed E-state index contributed by atoms with van der Waals surface area (Å²) >= 11 is 6.12. The molecule has 0 radical (unpaired) electrons. The summed E-state index contributed by atoms with van der Waals surface area (Å²) in [5.74, 6) is 0. The van der Waals surface area contributed by atoms with Gasteiger partial charge in [-0.3, -0.25) is 14.6 Å². The van der Waals surface area contributed by atoms with Crippen LogP contribution < -0.4 is 5.73 Å². The van der Waals surface area contributed by atoms with Crippen molar-refractivity contribution in [3.63, 3.8) is 0 Å². The van der Waals surface area contributed by atoms with Gasteiger partial charge >= 0.3 is 0 Å². The van der Waals surface area contributed by atoms with Gasteiger partial charge in [-0.15, -0.1) is 0 Å². The number of aromatic nitrogens is 4. The fourth-order valence-electron chi connectivity index (χ4n) is 1.65. The minimum absolute atomic E-state index is 0.453. The molecule has 0 aliphatic rings. The van der Waals surface area contributed by atoms with Gasteiger partial charge in [0.2, 0.25) is 0 Å². The number of hydrogen-bond acceptors (Lipinski definition) is 5. The Labute approximate surface area is 110 Å². The van der Waals surface area contributed by atoms with Gasteiger partial charge in [0.15, 0.2) is 0 Å². The van der Waals surface area contributed by atoms with Gasteiger partial charge in [-0.2, -0.15) is 5.10 Å². The summed E-state index contributed by atoms with van der Waals surface area (Å²) < 4.78 is 6.75. The maximum atomic E-state index is 6.15. The zero-order valence-electron chi connectivity index (χ0n) is 9.95. The molecule has 6 nitrogen and oxygen atoms in total. The number of rotatable bonds is 5. The lowest BCUT2D eigenvalue weighted by molar-refractivity contribution is 0.182. The van der Waals surface area contributed by atoms with Crippen molar-refractivity contribution in [3.8, 4) is 0 Å². The van der Waals surface area contributed by atoms with Crippen LogP contribution in [0.4, 0.5) is 0 Å². The first-order chi connectivity index (χ1) is 8.74. The number of ether oxygens (including phenoxy) is 1. The smallest absolute Gasteiger partial charge is 0.0927 e. The first kappa shape index (κ1) is 12.9. The summed E-state index contributed by atoms with van der Waals surface area (Å²) in [5, 5.41) is 4.69. The highest BCUT2D eigenvalue weighted by molar-refractivity contribution is 6.31. The Balaban J connectivity index is 2.29. The molecule has 0 aliphatic heterocycles. The van der Waals surface area contributed by atoms with Crippen molar-refractivity contribution >= 4 is 11.6 Å². The Bertz CT molecular complexity index is 501. The highest BCUT2D eigenvalue weighted by atomic mass is 35.5. The second-order valence-electron chi connectivity index (χ2n) is 3.70. The predicted molar refractivity (Wildman–Crippen MR) is 67.2 cm³/mol. The summed E-state index contributed by atoms with van der Waals surface area (Å²) in [5.41, 5.74) is 7.51. The summed E-state index contributed by atoms with van der Waals surface area (Å²) in [6.45, 7) is 1.13. The van der Waals surface area contributed by atoms with Crippen LogP contribution in [-0.2, 0) is 11.3 Å². The van der Waals surface area contributed by atoms with E-state index in [1.165, 1.54) is 0 Å². The molecule has 0 fully saturated rings. The molecule has 0 saturated carbocycles. The Morgan fingerprint density at radius 3 is 2.94 bits per heavy atom. The molecule has 96 valence electrons. The van der Waals surface area contributed by atoms with Crippen molar-refractivity contribution in [2.75, 3.05) is 13.7 Å². The van der Waals surface area contributed by atoms with Crippen LogP contribution >= 0.6 is 11.6 Å². The molecular weight excluding hydrogens is 254 g/mol. The highest BCUT2D eigenvalue weighted by Crippen LogP contribution is 2.24. The lowest BCUT2D eigenvalue weighted by Crippen LogP contribution is -2.20.